The Morgan fingerprint density at radius 3 is 2.25 bits per heavy atom. The van der Waals surface area contributed by atoms with Gasteiger partial charge < -0.3 is 24.8 Å². The van der Waals surface area contributed by atoms with Gasteiger partial charge in [-0.25, -0.2) is 8.78 Å². The molecule has 2 amide bonds. The standard InChI is InChI=1S/C36H37F2N3O6S/c1-22(2)18-33(42)48-17-5-4-16-46-32-21-28-26(20-31(32)45-3)29(12-15-39-28)47-30-11-10-25(19-27(30)38)41-35(44)36(13-14-36)34(43)40-24-8-6-23(37)7-9-24/h6-12,15,19-22H,4-5,13-14,16-18H2,1-3H3,(H,40,43)(H,41,44). The molecule has 4 aromatic rings. The predicted molar refractivity (Wildman–Crippen MR) is 182 cm³/mol. The van der Waals surface area contributed by atoms with E-state index < -0.39 is 28.9 Å². The van der Waals surface area contributed by atoms with Crippen LogP contribution in [0.4, 0.5) is 20.2 Å². The number of methoxy groups -OCH3 is 1. The number of amides is 2. The first-order chi connectivity index (χ1) is 23.1. The Morgan fingerprint density at radius 1 is 0.875 bits per heavy atom. The maximum atomic E-state index is 15.2. The molecule has 0 aliphatic heterocycles. The number of nitrogens with zero attached hydrogens (tertiary/aromatic N) is 1. The Morgan fingerprint density at radius 2 is 1.58 bits per heavy atom. The van der Waals surface area contributed by atoms with Crippen molar-refractivity contribution < 1.29 is 37.4 Å². The monoisotopic (exact) mass is 677 g/mol. The first kappa shape index (κ1) is 34.6. The summed E-state index contributed by atoms with van der Waals surface area (Å²) in [6, 6.07) is 14.3. The number of fused-ring (bicyclic) bond motifs is 1. The molecule has 0 bridgehead atoms. The van der Waals surface area contributed by atoms with Crippen LogP contribution in [0.3, 0.4) is 0 Å². The lowest BCUT2D eigenvalue weighted by Crippen LogP contribution is -2.35. The molecule has 12 heteroatoms. The summed E-state index contributed by atoms with van der Waals surface area (Å²) < 4.78 is 45.9. The Labute approximate surface area is 281 Å². The predicted octanol–water partition coefficient (Wildman–Crippen LogP) is 8.14. The molecule has 1 aromatic heterocycles. The topological polar surface area (TPSA) is 116 Å². The first-order valence-electron chi connectivity index (χ1n) is 15.7. The molecule has 9 nitrogen and oxygen atoms in total. The summed E-state index contributed by atoms with van der Waals surface area (Å²) in [5.41, 5.74) is -0.203. The molecule has 0 radical (unpaired) electrons. The summed E-state index contributed by atoms with van der Waals surface area (Å²) in [5.74, 6) is 0.0660. The Bertz CT molecular complexity index is 1800. The van der Waals surface area contributed by atoms with E-state index in [9.17, 15) is 18.8 Å². The zero-order valence-corrected chi connectivity index (χ0v) is 27.8. The van der Waals surface area contributed by atoms with Crippen LogP contribution in [-0.4, -0.2) is 41.4 Å². The number of unbranched alkanes of at least 4 members (excludes halogenated alkanes) is 1. The van der Waals surface area contributed by atoms with Crippen molar-refractivity contribution in [3.05, 3.63) is 78.5 Å². The molecule has 1 aliphatic carbocycles. The summed E-state index contributed by atoms with van der Waals surface area (Å²) in [4.78, 5) is 42.2. The summed E-state index contributed by atoms with van der Waals surface area (Å²) in [6.45, 7) is 4.49. The van der Waals surface area contributed by atoms with Gasteiger partial charge in [0.1, 0.15) is 17.0 Å². The van der Waals surface area contributed by atoms with Gasteiger partial charge in [-0.3, -0.25) is 19.4 Å². The average Bonchev–Trinajstić information content (AvgIpc) is 3.87. The highest BCUT2D eigenvalue weighted by atomic mass is 32.2. The average molecular weight is 678 g/mol. The van der Waals surface area contributed by atoms with Crippen LogP contribution in [0.5, 0.6) is 23.0 Å². The van der Waals surface area contributed by atoms with Crippen LogP contribution in [0.1, 0.15) is 46.0 Å². The molecule has 0 saturated heterocycles. The van der Waals surface area contributed by atoms with Crippen molar-refractivity contribution in [2.75, 3.05) is 30.1 Å². The van der Waals surface area contributed by atoms with Gasteiger partial charge in [0, 0.05) is 47.3 Å². The van der Waals surface area contributed by atoms with Crippen LogP contribution < -0.4 is 24.8 Å². The van der Waals surface area contributed by atoms with Crippen LogP contribution in [0, 0.1) is 23.0 Å². The molecule has 1 aliphatic rings. The lowest BCUT2D eigenvalue weighted by molar-refractivity contribution is -0.131. The Balaban J connectivity index is 1.20. The molecule has 3 aromatic carbocycles. The number of ether oxygens (including phenoxy) is 3. The molecule has 0 unspecified atom stereocenters. The molecule has 48 heavy (non-hydrogen) atoms. The third-order valence-corrected chi connectivity index (χ3v) is 8.73. The maximum Gasteiger partial charge on any atom is 0.240 e. The molecule has 5 rings (SSSR count). The number of anilines is 2. The van der Waals surface area contributed by atoms with E-state index in [-0.39, 0.29) is 16.6 Å². The van der Waals surface area contributed by atoms with Crippen molar-refractivity contribution in [2.24, 2.45) is 11.3 Å². The summed E-state index contributed by atoms with van der Waals surface area (Å²) in [6.07, 6.45) is 4.38. The Hall–Kier alpha value is -4.71. The smallest absolute Gasteiger partial charge is 0.240 e. The van der Waals surface area contributed by atoms with Crippen molar-refractivity contribution in [1.82, 2.24) is 4.98 Å². The van der Waals surface area contributed by atoms with Gasteiger partial charge in [0.15, 0.2) is 28.2 Å². The van der Waals surface area contributed by atoms with Gasteiger partial charge in [-0.2, -0.15) is 0 Å². The van der Waals surface area contributed by atoms with Gasteiger partial charge in [-0.1, -0.05) is 25.6 Å². The number of aromatic nitrogens is 1. The fourth-order valence-electron chi connectivity index (χ4n) is 4.95. The third-order valence-electron chi connectivity index (χ3n) is 7.75. The van der Waals surface area contributed by atoms with Crippen LogP contribution in [0.25, 0.3) is 10.9 Å². The van der Waals surface area contributed by atoms with Gasteiger partial charge in [-0.05, 0) is 80.1 Å². The van der Waals surface area contributed by atoms with E-state index in [0.29, 0.717) is 65.6 Å². The number of carbonyl (C=O) groups excluding carboxylic acids is 3. The highest BCUT2D eigenvalue weighted by Gasteiger charge is 2.56. The molecule has 2 N–H and O–H groups in total. The number of nitrogens with one attached hydrogen (secondary N) is 2. The van der Waals surface area contributed by atoms with Crippen LogP contribution >= 0.6 is 11.8 Å². The maximum absolute atomic E-state index is 15.2. The number of thioether (sulfide) groups is 1. The zero-order chi connectivity index (χ0) is 34.3. The minimum Gasteiger partial charge on any atom is -0.493 e. The van der Waals surface area contributed by atoms with E-state index in [4.69, 9.17) is 14.2 Å². The number of hydrogen-bond donors (Lipinski definition) is 2. The second-order valence-electron chi connectivity index (χ2n) is 11.9. The molecule has 0 atom stereocenters. The van der Waals surface area contributed by atoms with Crippen molar-refractivity contribution in [3.63, 3.8) is 0 Å². The quantitative estimate of drug-likeness (QED) is 0.0957. The minimum absolute atomic E-state index is 0.0836. The largest absolute Gasteiger partial charge is 0.493 e. The highest BCUT2D eigenvalue weighted by molar-refractivity contribution is 8.13. The number of pyridine rings is 1. The zero-order valence-electron chi connectivity index (χ0n) is 26.9. The summed E-state index contributed by atoms with van der Waals surface area (Å²) >= 11 is 1.36. The SMILES string of the molecule is COc1cc2c(Oc3ccc(NC(=O)C4(C(=O)Nc5ccc(F)cc5)CC4)cc3F)ccnc2cc1OCCCCSC(=O)CC(C)C. The number of hydrogen-bond acceptors (Lipinski definition) is 8. The normalized spacial score (nSPS) is 13.2. The van der Waals surface area contributed by atoms with E-state index in [1.54, 1.807) is 18.2 Å². The van der Waals surface area contributed by atoms with Gasteiger partial charge in [0.25, 0.3) is 0 Å². The van der Waals surface area contributed by atoms with Crippen molar-refractivity contribution in [3.8, 4) is 23.0 Å². The van der Waals surface area contributed by atoms with E-state index in [2.05, 4.69) is 15.6 Å². The Kier molecular flexibility index (Phi) is 11.2. The first-order valence-corrected chi connectivity index (χ1v) is 16.7. The van der Waals surface area contributed by atoms with E-state index >= 15 is 4.39 Å². The van der Waals surface area contributed by atoms with Gasteiger partial charge in [-0.15, -0.1) is 0 Å². The molecule has 1 heterocycles. The van der Waals surface area contributed by atoms with E-state index in [1.165, 1.54) is 61.5 Å². The van der Waals surface area contributed by atoms with Crippen molar-refractivity contribution >= 4 is 51.0 Å². The second kappa shape index (κ2) is 15.5. The third kappa shape index (κ3) is 8.60. The van der Waals surface area contributed by atoms with Crippen molar-refractivity contribution in [1.29, 1.82) is 0 Å². The fraction of sp³-hybridized carbons (Fsp3) is 0.333. The van der Waals surface area contributed by atoms with Gasteiger partial charge in [0.2, 0.25) is 11.8 Å². The van der Waals surface area contributed by atoms with Crippen LogP contribution in [-0.2, 0) is 14.4 Å². The fourth-order valence-corrected chi connectivity index (χ4v) is 5.98. The summed E-state index contributed by atoms with van der Waals surface area (Å²) in [7, 11) is 1.52. The van der Waals surface area contributed by atoms with Gasteiger partial charge >= 0.3 is 0 Å². The van der Waals surface area contributed by atoms with Crippen LogP contribution in [0.2, 0.25) is 0 Å². The lowest BCUT2D eigenvalue weighted by atomic mass is 10.0. The number of benzene rings is 3. The second-order valence-corrected chi connectivity index (χ2v) is 13.1. The molecular weight excluding hydrogens is 640 g/mol. The van der Waals surface area contributed by atoms with Gasteiger partial charge in [0.05, 0.1) is 19.2 Å². The number of halogens is 2. The van der Waals surface area contributed by atoms with Crippen LogP contribution in [0.15, 0.2) is 66.9 Å². The van der Waals surface area contributed by atoms with Crippen molar-refractivity contribution in [2.45, 2.75) is 46.0 Å². The molecule has 1 fully saturated rings. The summed E-state index contributed by atoms with van der Waals surface area (Å²) in [5, 5.41) is 6.06. The van der Waals surface area contributed by atoms with E-state index in [0.717, 1.165) is 24.7 Å². The molecule has 1 saturated carbocycles. The lowest BCUT2D eigenvalue weighted by Gasteiger charge is -2.16. The molecule has 252 valence electrons. The number of rotatable bonds is 15. The number of carbonyl (C=O) groups is 3. The molecule has 0 spiro atoms. The molecular formula is C36H37F2N3O6S. The highest BCUT2D eigenvalue weighted by Crippen LogP contribution is 2.47. The minimum atomic E-state index is -1.29. The van der Waals surface area contributed by atoms with E-state index in [1.807, 2.05) is 13.8 Å².